The molecule has 0 radical (unpaired) electrons. The van der Waals surface area contributed by atoms with Gasteiger partial charge in [0.1, 0.15) is 5.75 Å². The first-order valence-electron chi connectivity index (χ1n) is 5.71. The van der Waals surface area contributed by atoms with Gasteiger partial charge in [0, 0.05) is 17.4 Å². The smallest absolute Gasteiger partial charge is 0.261 e. The van der Waals surface area contributed by atoms with Gasteiger partial charge in [-0.2, -0.15) is 0 Å². The summed E-state index contributed by atoms with van der Waals surface area (Å²) >= 11 is 3.33. The number of hydrogen-bond acceptors (Lipinski definition) is 3. The van der Waals surface area contributed by atoms with Crippen LogP contribution in [0.2, 0.25) is 0 Å². The van der Waals surface area contributed by atoms with Gasteiger partial charge in [-0.15, -0.1) is 0 Å². The Balaban J connectivity index is 2.31. The van der Waals surface area contributed by atoms with Crippen LogP contribution in [-0.4, -0.2) is 30.4 Å². The van der Waals surface area contributed by atoms with Gasteiger partial charge in [0.2, 0.25) is 5.91 Å². The van der Waals surface area contributed by atoms with Crippen LogP contribution in [-0.2, 0) is 4.79 Å². The number of amides is 2. The highest BCUT2D eigenvalue weighted by atomic mass is 79.9. The molecular formula is C13H14BrNO3. The molecule has 5 heteroatoms. The van der Waals surface area contributed by atoms with Crippen molar-refractivity contribution in [2.45, 2.75) is 13.3 Å². The molecule has 1 atom stereocenters. The molecule has 0 spiro atoms. The molecule has 2 rings (SSSR count). The van der Waals surface area contributed by atoms with Crippen molar-refractivity contribution >= 4 is 27.7 Å². The molecule has 1 aliphatic heterocycles. The van der Waals surface area contributed by atoms with Gasteiger partial charge in [-0.3, -0.25) is 14.5 Å². The van der Waals surface area contributed by atoms with Crippen LogP contribution in [0.1, 0.15) is 23.7 Å². The molecule has 1 aromatic carbocycles. The lowest BCUT2D eigenvalue weighted by molar-refractivity contribution is -0.125. The number of rotatable bonds is 2. The molecule has 96 valence electrons. The summed E-state index contributed by atoms with van der Waals surface area (Å²) in [5, 5.41) is 0. The molecule has 0 bridgehead atoms. The third kappa shape index (κ3) is 2.41. The second-order valence-electron chi connectivity index (χ2n) is 4.46. The number of imide groups is 1. The highest BCUT2D eigenvalue weighted by Gasteiger charge is 2.32. The first-order chi connectivity index (χ1) is 8.52. The summed E-state index contributed by atoms with van der Waals surface area (Å²) in [5.41, 5.74) is 0.455. The SMILES string of the molecule is COc1ccc(Br)c(C(=O)N2CC(C)CC2=O)c1. The highest BCUT2D eigenvalue weighted by molar-refractivity contribution is 9.10. The number of benzene rings is 1. The van der Waals surface area contributed by atoms with E-state index in [1.54, 1.807) is 25.3 Å². The van der Waals surface area contributed by atoms with Crippen molar-refractivity contribution < 1.29 is 14.3 Å². The van der Waals surface area contributed by atoms with E-state index in [1.807, 2.05) is 6.92 Å². The van der Waals surface area contributed by atoms with Crippen molar-refractivity contribution in [1.29, 1.82) is 0 Å². The van der Waals surface area contributed by atoms with Crippen molar-refractivity contribution in [3.05, 3.63) is 28.2 Å². The minimum atomic E-state index is -0.268. The third-order valence-corrected chi connectivity index (χ3v) is 3.66. The van der Waals surface area contributed by atoms with E-state index in [-0.39, 0.29) is 17.7 Å². The summed E-state index contributed by atoms with van der Waals surface area (Å²) in [6, 6.07) is 5.15. The maximum Gasteiger partial charge on any atom is 0.261 e. The minimum Gasteiger partial charge on any atom is -0.497 e. The second kappa shape index (κ2) is 5.10. The first kappa shape index (κ1) is 13.1. The topological polar surface area (TPSA) is 46.6 Å². The van der Waals surface area contributed by atoms with Gasteiger partial charge in [-0.1, -0.05) is 6.92 Å². The molecular weight excluding hydrogens is 298 g/mol. The van der Waals surface area contributed by atoms with Crippen LogP contribution in [0.3, 0.4) is 0 Å². The maximum absolute atomic E-state index is 12.3. The Kier molecular flexibility index (Phi) is 3.71. The lowest BCUT2D eigenvalue weighted by Gasteiger charge is -2.15. The van der Waals surface area contributed by atoms with E-state index in [2.05, 4.69) is 15.9 Å². The largest absolute Gasteiger partial charge is 0.497 e. The lowest BCUT2D eigenvalue weighted by Crippen LogP contribution is -2.32. The monoisotopic (exact) mass is 311 g/mol. The van der Waals surface area contributed by atoms with E-state index >= 15 is 0 Å². The van der Waals surface area contributed by atoms with Crippen LogP contribution in [0, 0.1) is 5.92 Å². The molecule has 0 N–H and O–H groups in total. The zero-order valence-electron chi connectivity index (χ0n) is 10.3. The minimum absolute atomic E-state index is 0.109. The van der Waals surface area contributed by atoms with E-state index in [9.17, 15) is 9.59 Å². The fourth-order valence-electron chi connectivity index (χ4n) is 2.02. The number of hydrogen-bond donors (Lipinski definition) is 0. The normalized spacial score (nSPS) is 19.2. The van der Waals surface area contributed by atoms with Crippen LogP contribution in [0.4, 0.5) is 0 Å². The fraction of sp³-hybridized carbons (Fsp3) is 0.385. The number of carbonyl (C=O) groups is 2. The maximum atomic E-state index is 12.3. The van der Waals surface area contributed by atoms with Gasteiger partial charge < -0.3 is 4.74 Å². The van der Waals surface area contributed by atoms with Crippen LogP contribution in [0.25, 0.3) is 0 Å². The average Bonchev–Trinajstić information content (AvgIpc) is 2.68. The summed E-state index contributed by atoms with van der Waals surface area (Å²) < 4.78 is 5.76. The standard InChI is InChI=1S/C13H14BrNO3/c1-8-5-12(16)15(7-8)13(17)10-6-9(18-2)3-4-11(10)14/h3-4,6,8H,5,7H2,1-2H3. The van der Waals surface area contributed by atoms with Crippen LogP contribution in [0.15, 0.2) is 22.7 Å². The quantitative estimate of drug-likeness (QED) is 0.788. The Morgan fingerprint density at radius 3 is 2.78 bits per heavy atom. The molecule has 1 saturated heterocycles. The Morgan fingerprint density at radius 1 is 1.50 bits per heavy atom. The molecule has 1 fully saturated rings. The van der Waals surface area contributed by atoms with Crippen molar-refractivity contribution in [1.82, 2.24) is 4.90 Å². The van der Waals surface area contributed by atoms with E-state index in [0.717, 1.165) is 0 Å². The molecule has 0 aliphatic carbocycles. The first-order valence-corrected chi connectivity index (χ1v) is 6.50. The zero-order chi connectivity index (χ0) is 13.3. The van der Waals surface area contributed by atoms with E-state index in [0.29, 0.717) is 28.8 Å². The van der Waals surface area contributed by atoms with E-state index in [1.165, 1.54) is 4.90 Å². The average molecular weight is 312 g/mol. The summed E-state index contributed by atoms with van der Waals surface area (Å²) in [5.74, 6) is 0.449. The molecule has 2 amide bonds. The summed E-state index contributed by atoms with van der Waals surface area (Å²) in [7, 11) is 1.54. The number of likely N-dealkylation sites (tertiary alicyclic amines) is 1. The van der Waals surface area contributed by atoms with E-state index in [4.69, 9.17) is 4.74 Å². The van der Waals surface area contributed by atoms with Gasteiger partial charge in [-0.05, 0) is 40.0 Å². The van der Waals surface area contributed by atoms with Gasteiger partial charge in [0.15, 0.2) is 0 Å². The number of halogens is 1. The molecule has 4 nitrogen and oxygen atoms in total. The van der Waals surface area contributed by atoms with Gasteiger partial charge in [0.05, 0.1) is 12.7 Å². The summed E-state index contributed by atoms with van der Waals surface area (Å²) in [6.07, 6.45) is 0.438. The third-order valence-electron chi connectivity index (χ3n) is 2.97. The van der Waals surface area contributed by atoms with Crippen molar-refractivity contribution in [2.24, 2.45) is 5.92 Å². The number of nitrogens with zero attached hydrogens (tertiary/aromatic N) is 1. The Hall–Kier alpha value is -1.36. The predicted octanol–water partition coefficient (Wildman–Crippen LogP) is 2.47. The molecule has 0 aromatic heterocycles. The Morgan fingerprint density at radius 2 is 2.22 bits per heavy atom. The van der Waals surface area contributed by atoms with Crippen LogP contribution >= 0.6 is 15.9 Å². The van der Waals surface area contributed by atoms with Crippen molar-refractivity contribution in [3.8, 4) is 5.75 Å². The second-order valence-corrected chi connectivity index (χ2v) is 5.32. The van der Waals surface area contributed by atoms with Gasteiger partial charge >= 0.3 is 0 Å². The number of carbonyl (C=O) groups excluding carboxylic acids is 2. The highest BCUT2D eigenvalue weighted by Crippen LogP contribution is 2.26. The molecule has 18 heavy (non-hydrogen) atoms. The van der Waals surface area contributed by atoms with Gasteiger partial charge in [0.25, 0.3) is 5.91 Å². The summed E-state index contributed by atoms with van der Waals surface area (Å²) in [4.78, 5) is 25.3. The fourth-order valence-corrected chi connectivity index (χ4v) is 2.44. The van der Waals surface area contributed by atoms with Crippen molar-refractivity contribution in [3.63, 3.8) is 0 Å². The molecule has 1 heterocycles. The molecule has 1 unspecified atom stereocenters. The Bertz CT molecular complexity index is 501. The van der Waals surface area contributed by atoms with Crippen molar-refractivity contribution in [2.75, 3.05) is 13.7 Å². The zero-order valence-corrected chi connectivity index (χ0v) is 11.9. The lowest BCUT2D eigenvalue weighted by atomic mass is 10.1. The number of methoxy groups -OCH3 is 1. The predicted molar refractivity (Wildman–Crippen MR) is 70.5 cm³/mol. The van der Waals surface area contributed by atoms with Gasteiger partial charge in [-0.25, -0.2) is 0 Å². The summed E-state index contributed by atoms with van der Waals surface area (Å²) in [6.45, 7) is 2.45. The molecule has 1 aromatic rings. The molecule has 1 aliphatic rings. The van der Waals surface area contributed by atoms with Crippen LogP contribution < -0.4 is 4.74 Å². The Labute approximate surface area is 114 Å². The van der Waals surface area contributed by atoms with Crippen LogP contribution in [0.5, 0.6) is 5.75 Å². The molecule has 0 saturated carbocycles. The number of ether oxygens (including phenoxy) is 1. The van der Waals surface area contributed by atoms with E-state index < -0.39 is 0 Å².